The van der Waals surface area contributed by atoms with Crippen molar-refractivity contribution in [3.05, 3.63) is 21.4 Å². The first-order valence-corrected chi connectivity index (χ1v) is 9.06. The van der Waals surface area contributed by atoms with E-state index in [4.69, 9.17) is 0 Å². The Hall–Kier alpha value is -0.870. The number of hydrogen-bond acceptors (Lipinski definition) is 3. The van der Waals surface area contributed by atoms with Gasteiger partial charge in [-0.3, -0.25) is 4.79 Å². The number of aryl methyl sites for hydroxylation is 2. The minimum Gasteiger partial charge on any atom is -0.386 e. The zero-order valence-corrected chi connectivity index (χ0v) is 13.7. The summed E-state index contributed by atoms with van der Waals surface area (Å²) in [6.07, 6.45) is 9.14. The molecule has 116 valence electrons. The Morgan fingerprint density at radius 2 is 2.00 bits per heavy atom. The van der Waals surface area contributed by atoms with Crippen molar-refractivity contribution in [2.75, 3.05) is 13.1 Å². The minimum absolute atomic E-state index is 0.118. The number of nitrogens with zero attached hydrogens (tertiary/aromatic N) is 1. The van der Waals surface area contributed by atoms with E-state index >= 15 is 0 Å². The molecule has 21 heavy (non-hydrogen) atoms. The second kappa shape index (κ2) is 6.09. The number of amides is 1. The van der Waals surface area contributed by atoms with Gasteiger partial charge in [-0.25, -0.2) is 0 Å². The maximum atomic E-state index is 12.5. The predicted molar refractivity (Wildman–Crippen MR) is 86.0 cm³/mol. The van der Waals surface area contributed by atoms with Crippen LogP contribution >= 0.6 is 11.3 Å². The summed E-state index contributed by atoms with van der Waals surface area (Å²) >= 11 is 1.68. The molecule has 1 aromatic heterocycles. The van der Waals surface area contributed by atoms with Gasteiger partial charge in [0.1, 0.15) is 0 Å². The minimum atomic E-state index is -0.629. The van der Waals surface area contributed by atoms with Crippen LogP contribution in [0.2, 0.25) is 0 Å². The Balaban J connectivity index is 1.67. The normalized spacial score (nSPS) is 21.1. The molecule has 0 spiro atoms. The number of β-amino-alcohol motifs (C(OH)–C–C–N with tert-alkyl or cyclic N) is 1. The highest BCUT2D eigenvalue weighted by Gasteiger charge is 2.43. The lowest BCUT2D eigenvalue weighted by Crippen LogP contribution is -2.63. The van der Waals surface area contributed by atoms with Gasteiger partial charge in [-0.05, 0) is 43.7 Å². The number of likely N-dealkylation sites (tertiary alicyclic amines) is 1. The van der Waals surface area contributed by atoms with E-state index in [2.05, 4.69) is 13.0 Å². The average Bonchev–Trinajstić information content (AvgIpc) is 2.78. The van der Waals surface area contributed by atoms with E-state index in [9.17, 15) is 9.90 Å². The lowest BCUT2D eigenvalue weighted by molar-refractivity contribution is -0.0858. The SMILES string of the molecule is CCCC1(O)CN(C(=O)c2cc3c(s2)CCCCCC3)C1. The fourth-order valence-corrected chi connectivity index (χ4v) is 4.76. The van der Waals surface area contributed by atoms with Crippen LogP contribution in [0.25, 0.3) is 0 Å². The van der Waals surface area contributed by atoms with Crippen molar-refractivity contribution < 1.29 is 9.90 Å². The van der Waals surface area contributed by atoms with E-state index < -0.39 is 5.60 Å². The van der Waals surface area contributed by atoms with Crippen LogP contribution in [-0.4, -0.2) is 34.6 Å². The summed E-state index contributed by atoms with van der Waals surface area (Å²) in [5, 5.41) is 10.2. The number of aliphatic hydroxyl groups is 1. The van der Waals surface area contributed by atoms with Crippen molar-refractivity contribution in [1.82, 2.24) is 4.90 Å². The highest BCUT2D eigenvalue weighted by molar-refractivity contribution is 7.14. The molecule has 0 saturated carbocycles. The zero-order valence-electron chi connectivity index (χ0n) is 12.9. The molecule has 2 aliphatic rings. The molecular formula is C17H25NO2S. The standard InChI is InChI=1S/C17H25NO2S/c1-2-9-17(20)11-18(12-17)16(19)15-10-13-7-5-3-4-6-8-14(13)21-15/h10,20H,2-9,11-12H2,1H3. The largest absolute Gasteiger partial charge is 0.386 e. The Labute approximate surface area is 131 Å². The Bertz CT molecular complexity index is 491. The van der Waals surface area contributed by atoms with E-state index in [-0.39, 0.29) is 5.91 Å². The first-order chi connectivity index (χ1) is 10.1. The van der Waals surface area contributed by atoms with Crippen LogP contribution in [0.4, 0.5) is 0 Å². The van der Waals surface area contributed by atoms with Gasteiger partial charge in [-0.15, -0.1) is 11.3 Å². The molecular weight excluding hydrogens is 282 g/mol. The first-order valence-electron chi connectivity index (χ1n) is 8.24. The Morgan fingerprint density at radius 1 is 1.29 bits per heavy atom. The molecule has 4 heteroatoms. The van der Waals surface area contributed by atoms with Crippen molar-refractivity contribution in [3.8, 4) is 0 Å². The van der Waals surface area contributed by atoms with Crippen LogP contribution in [0.15, 0.2) is 6.07 Å². The monoisotopic (exact) mass is 307 g/mol. The second-order valence-corrected chi connectivity index (χ2v) is 7.75. The van der Waals surface area contributed by atoms with E-state index in [1.54, 1.807) is 16.2 Å². The van der Waals surface area contributed by atoms with Crippen molar-refractivity contribution >= 4 is 17.2 Å². The van der Waals surface area contributed by atoms with Crippen LogP contribution in [0, 0.1) is 0 Å². The summed E-state index contributed by atoms with van der Waals surface area (Å²) < 4.78 is 0. The molecule has 1 amide bonds. The molecule has 1 saturated heterocycles. The molecule has 1 aromatic rings. The third-order valence-corrected chi connectivity index (χ3v) is 5.91. The highest BCUT2D eigenvalue weighted by Crippen LogP contribution is 2.32. The number of carbonyl (C=O) groups is 1. The molecule has 0 radical (unpaired) electrons. The van der Waals surface area contributed by atoms with E-state index in [0.717, 1.165) is 30.6 Å². The number of fused-ring (bicyclic) bond motifs is 1. The van der Waals surface area contributed by atoms with Crippen LogP contribution in [0.3, 0.4) is 0 Å². The summed E-state index contributed by atoms with van der Waals surface area (Å²) in [5.41, 5.74) is 0.767. The maximum absolute atomic E-state index is 12.5. The average molecular weight is 307 g/mol. The van der Waals surface area contributed by atoms with Gasteiger partial charge in [0.25, 0.3) is 5.91 Å². The van der Waals surface area contributed by atoms with Gasteiger partial charge >= 0.3 is 0 Å². The molecule has 1 fully saturated rings. The summed E-state index contributed by atoms with van der Waals surface area (Å²) in [4.78, 5) is 16.6. The summed E-state index contributed by atoms with van der Waals surface area (Å²) in [6, 6.07) is 2.12. The third-order valence-electron chi connectivity index (χ3n) is 4.68. The van der Waals surface area contributed by atoms with Gasteiger partial charge in [-0.1, -0.05) is 26.2 Å². The smallest absolute Gasteiger partial charge is 0.264 e. The van der Waals surface area contributed by atoms with Crippen molar-refractivity contribution in [2.45, 2.75) is 63.9 Å². The fraction of sp³-hybridized carbons (Fsp3) is 0.706. The Kier molecular flexibility index (Phi) is 4.36. The van der Waals surface area contributed by atoms with Crippen LogP contribution in [0.5, 0.6) is 0 Å². The number of hydrogen-bond donors (Lipinski definition) is 1. The summed E-state index contributed by atoms with van der Waals surface area (Å²) in [5.74, 6) is 0.118. The number of rotatable bonds is 3. The van der Waals surface area contributed by atoms with Gasteiger partial charge in [0.2, 0.25) is 0 Å². The van der Waals surface area contributed by atoms with E-state index in [1.807, 2.05) is 0 Å². The molecule has 1 N–H and O–H groups in total. The quantitative estimate of drug-likeness (QED) is 0.930. The Morgan fingerprint density at radius 3 is 2.71 bits per heavy atom. The topological polar surface area (TPSA) is 40.5 Å². The van der Waals surface area contributed by atoms with Crippen molar-refractivity contribution in [2.24, 2.45) is 0 Å². The van der Waals surface area contributed by atoms with Gasteiger partial charge in [-0.2, -0.15) is 0 Å². The third kappa shape index (κ3) is 3.16. The molecule has 3 nitrogen and oxygen atoms in total. The van der Waals surface area contributed by atoms with E-state index in [0.29, 0.717) is 13.1 Å². The van der Waals surface area contributed by atoms with Gasteiger partial charge in [0.05, 0.1) is 23.6 Å². The first kappa shape index (κ1) is 15.0. The molecule has 1 aliphatic carbocycles. The van der Waals surface area contributed by atoms with Crippen LogP contribution < -0.4 is 0 Å². The van der Waals surface area contributed by atoms with E-state index in [1.165, 1.54) is 36.1 Å². The predicted octanol–water partition coefficient (Wildman–Crippen LogP) is 3.39. The molecule has 3 rings (SSSR count). The van der Waals surface area contributed by atoms with Gasteiger partial charge < -0.3 is 10.0 Å². The number of thiophene rings is 1. The molecule has 0 atom stereocenters. The summed E-state index contributed by atoms with van der Waals surface area (Å²) in [6.45, 7) is 3.08. The molecule has 0 bridgehead atoms. The van der Waals surface area contributed by atoms with Gasteiger partial charge in [0, 0.05) is 4.88 Å². The molecule has 0 aromatic carbocycles. The molecule has 2 heterocycles. The second-order valence-electron chi connectivity index (χ2n) is 6.61. The van der Waals surface area contributed by atoms with Crippen LogP contribution in [0.1, 0.15) is 65.6 Å². The molecule has 0 unspecified atom stereocenters. The van der Waals surface area contributed by atoms with Gasteiger partial charge in [0.15, 0.2) is 0 Å². The maximum Gasteiger partial charge on any atom is 0.264 e. The van der Waals surface area contributed by atoms with Crippen molar-refractivity contribution in [1.29, 1.82) is 0 Å². The van der Waals surface area contributed by atoms with Crippen molar-refractivity contribution in [3.63, 3.8) is 0 Å². The zero-order chi connectivity index (χ0) is 14.9. The lowest BCUT2D eigenvalue weighted by Gasteiger charge is -2.46. The number of carbonyl (C=O) groups excluding carboxylic acids is 1. The highest BCUT2D eigenvalue weighted by atomic mass is 32.1. The lowest BCUT2D eigenvalue weighted by atomic mass is 9.89. The summed E-state index contributed by atoms with van der Waals surface area (Å²) in [7, 11) is 0. The van der Waals surface area contributed by atoms with Crippen LogP contribution in [-0.2, 0) is 12.8 Å². The fourth-order valence-electron chi connectivity index (χ4n) is 3.54. The molecule has 1 aliphatic heterocycles.